The second-order valence-corrected chi connectivity index (χ2v) is 5.00. The zero-order valence-electron chi connectivity index (χ0n) is 11.5. The van der Waals surface area contributed by atoms with Crippen LogP contribution in [0.5, 0.6) is 5.88 Å². The largest absolute Gasteiger partial charge is 0.481 e. The van der Waals surface area contributed by atoms with E-state index in [-0.39, 0.29) is 0 Å². The summed E-state index contributed by atoms with van der Waals surface area (Å²) in [7, 11) is 3.63. The Hall–Kier alpha value is -2.07. The second kappa shape index (κ2) is 4.80. The first-order chi connectivity index (χ1) is 9.63. The monoisotopic (exact) mass is 287 g/mol. The lowest BCUT2D eigenvalue weighted by molar-refractivity contribution is 0.399. The van der Waals surface area contributed by atoms with Gasteiger partial charge in [0.25, 0.3) is 0 Å². The summed E-state index contributed by atoms with van der Waals surface area (Å²) in [5, 5.41) is 1.59. The Morgan fingerprint density at radius 1 is 1.30 bits per heavy atom. The standard InChI is InChI=1S/C15H14ClN3O/c1-9-11-7-13(16)18-8-12(11)19(2)14(9)10-5-4-6-17-15(10)20-3/h4-8H,1-3H3. The minimum atomic E-state index is 0.496. The van der Waals surface area contributed by atoms with Gasteiger partial charge < -0.3 is 9.30 Å². The smallest absolute Gasteiger partial charge is 0.222 e. The number of methoxy groups -OCH3 is 1. The molecule has 0 bridgehead atoms. The lowest BCUT2D eigenvalue weighted by atomic mass is 10.1. The van der Waals surface area contributed by atoms with E-state index in [0.717, 1.165) is 27.7 Å². The van der Waals surface area contributed by atoms with Crippen LogP contribution in [0.15, 0.2) is 30.6 Å². The molecule has 0 aliphatic heterocycles. The van der Waals surface area contributed by atoms with Crippen LogP contribution in [0.1, 0.15) is 5.56 Å². The van der Waals surface area contributed by atoms with Crippen LogP contribution in [0.25, 0.3) is 22.2 Å². The SMILES string of the molecule is COc1ncccc1-c1c(C)c2cc(Cl)ncc2n1C. The molecule has 0 saturated carbocycles. The van der Waals surface area contributed by atoms with Gasteiger partial charge in [-0.2, -0.15) is 0 Å². The van der Waals surface area contributed by atoms with Gasteiger partial charge in [-0.25, -0.2) is 9.97 Å². The van der Waals surface area contributed by atoms with Gasteiger partial charge in [0.15, 0.2) is 0 Å². The summed E-state index contributed by atoms with van der Waals surface area (Å²) in [6, 6.07) is 5.79. The fourth-order valence-corrected chi connectivity index (χ4v) is 2.76. The number of hydrogen-bond acceptors (Lipinski definition) is 3. The summed E-state index contributed by atoms with van der Waals surface area (Å²) < 4.78 is 7.45. The molecule has 102 valence electrons. The highest BCUT2D eigenvalue weighted by atomic mass is 35.5. The molecular formula is C15H14ClN3O. The van der Waals surface area contributed by atoms with E-state index in [1.165, 1.54) is 0 Å². The summed E-state index contributed by atoms with van der Waals surface area (Å²) in [4.78, 5) is 8.42. The van der Waals surface area contributed by atoms with Gasteiger partial charge in [-0.3, -0.25) is 0 Å². The minimum absolute atomic E-state index is 0.496. The van der Waals surface area contributed by atoms with Crippen LogP contribution in [0.2, 0.25) is 5.15 Å². The Morgan fingerprint density at radius 3 is 2.85 bits per heavy atom. The van der Waals surface area contributed by atoms with Gasteiger partial charge in [-0.1, -0.05) is 11.6 Å². The third-order valence-electron chi connectivity index (χ3n) is 3.53. The number of halogens is 1. The van der Waals surface area contributed by atoms with Crippen molar-refractivity contribution in [3.05, 3.63) is 41.3 Å². The van der Waals surface area contributed by atoms with Crippen molar-refractivity contribution in [3.8, 4) is 17.1 Å². The molecule has 5 heteroatoms. The van der Waals surface area contributed by atoms with Gasteiger partial charge in [-0.15, -0.1) is 0 Å². The van der Waals surface area contributed by atoms with Crippen molar-refractivity contribution in [3.63, 3.8) is 0 Å². The van der Waals surface area contributed by atoms with E-state index in [1.807, 2.05) is 25.2 Å². The van der Waals surface area contributed by atoms with E-state index in [1.54, 1.807) is 19.5 Å². The lowest BCUT2D eigenvalue weighted by Crippen LogP contribution is -1.97. The predicted molar refractivity (Wildman–Crippen MR) is 80.2 cm³/mol. The summed E-state index contributed by atoms with van der Waals surface area (Å²) >= 11 is 6.00. The highest BCUT2D eigenvalue weighted by Gasteiger charge is 2.17. The first-order valence-corrected chi connectivity index (χ1v) is 6.61. The van der Waals surface area contributed by atoms with Crippen LogP contribution < -0.4 is 4.74 Å². The van der Waals surface area contributed by atoms with Crippen molar-refractivity contribution in [2.45, 2.75) is 6.92 Å². The zero-order valence-corrected chi connectivity index (χ0v) is 12.3. The van der Waals surface area contributed by atoms with E-state index in [9.17, 15) is 0 Å². The maximum Gasteiger partial charge on any atom is 0.222 e. The molecule has 3 aromatic rings. The van der Waals surface area contributed by atoms with Crippen molar-refractivity contribution in [2.24, 2.45) is 7.05 Å². The number of nitrogens with zero attached hydrogens (tertiary/aromatic N) is 3. The average molecular weight is 288 g/mol. The molecule has 3 aromatic heterocycles. The Bertz CT molecular complexity index is 795. The van der Waals surface area contributed by atoms with Crippen molar-refractivity contribution in [1.82, 2.24) is 14.5 Å². The molecule has 0 fully saturated rings. The van der Waals surface area contributed by atoms with Crippen LogP contribution in [0, 0.1) is 6.92 Å². The Balaban J connectivity index is 2.37. The molecule has 0 saturated heterocycles. The molecule has 3 heterocycles. The molecule has 0 aliphatic carbocycles. The van der Waals surface area contributed by atoms with Crippen LogP contribution in [0.4, 0.5) is 0 Å². The van der Waals surface area contributed by atoms with Gasteiger partial charge in [-0.05, 0) is 30.7 Å². The second-order valence-electron chi connectivity index (χ2n) is 4.62. The van der Waals surface area contributed by atoms with E-state index in [0.29, 0.717) is 11.0 Å². The number of ether oxygens (including phenoxy) is 1. The van der Waals surface area contributed by atoms with E-state index in [2.05, 4.69) is 21.5 Å². The Labute approximate surface area is 122 Å². The summed E-state index contributed by atoms with van der Waals surface area (Å²) in [5.74, 6) is 0.612. The third kappa shape index (κ3) is 1.84. The van der Waals surface area contributed by atoms with Gasteiger partial charge in [0.2, 0.25) is 5.88 Å². The lowest BCUT2D eigenvalue weighted by Gasteiger charge is -2.09. The van der Waals surface area contributed by atoms with Crippen molar-refractivity contribution in [1.29, 1.82) is 0 Å². The normalized spacial score (nSPS) is 11.0. The van der Waals surface area contributed by atoms with Gasteiger partial charge >= 0.3 is 0 Å². The molecule has 0 radical (unpaired) electrons. The fraction of sp³-hybridized carbons (Fsp3) is 0.200. The maximum atomic E-state index is 6.00. The third-order valence-corrected chi connectivity index (χ3v) is 3.73. The number of rotatable bonds is 2. The maximum absolute atomic E-state index is 6.00. The topological polar surface area (TPSA) is 39.9 Å². The van der Waals surface area contributed by atoms with Gasteiger partial charge in [0, 0.05) is 18.6 Å². The molecule has 0 aliphatic rings. The quantitative estimate of drug-likeness (QED) is 0.676. The molecule has 0 N–H and O–H groups in total. The molecular weight excluding hydrogens is 274 g/mol. The number of hydrogen-bond donors (Lipinski definition) is 0. The van der Waals surface area contributed by atoms with Crippen LogP contribution in [-0.2, 0) is 7.05 Å². The fourth-order valence-electron chi connectivity index (χ4n) is 2.61. The van der Waals surface area contributed by atoms with Gasteiger partial charge in [0.05, 0.1) is 30.1 Å². The Kier molecular flexibility index (Phi) is 3.10. The first kappa shape index (κ1) is 12.9. The average Bonchev–Trinajstić information content (AvgIpc) is 2.70. The molecule has 3 rings (SSSR count). The van der Waals surface area contributed by atoms with E-state index >= 15 is 0 Å². The molecule has 20 heavy (non-hydrogen) atoms. The number of pyridine rings is 2. The van der Waals surface area contributed by atoms with Crippen molar-refractivity contribution < 1.29 is 4.74 Å². The van der Waals surface area contributed by atoms with Gasteiger partial charge in [0.1, 0.15) is 5.15 Å². The zero-order chi connectivity index (χ0) is 14.3. The van der Waals surface area contributed by atoms with Crippen molar-refractivity contribution in [2.75, 3.05) is 7.11 Å². The number of fused-ring (bicyclic) bond motifs is 1. The first-order valence-electron chi connectivity index (χ1n) is 6.23. The van der Waals surface area contributed by atoms with E-state index < -0.39 is 0 Å². The molecule has 0 aromatic carbocycles. The summed E-state index contributed by atoms with van der Waals surface area (Å²) in [6.07, 6.45) is 3.51. The minimum Gasteiger partial charge on any atom is -0.481 e. The number of aromatic nitrogens is 3. The highest BCUT2D eigenvalue weighted by Crippen LogP contribution is 2.36. The molecule has 0 unspecified atom stereocenters. The summed E-state index contributed by atoms with van der Waals surface area (Å²) in [5.41, 5.74) is 4.20. The summed E-state index contributed by atoms with van der Waals surface area (Å²) in [6.45, 7) is 2.07. The highest BCUT2D eigenvalue weighted by molar-refractivity contribution is 6.30. The van der Waals surface area contributed by atoms with E-state index in [4.69, 9.17) is 16.3 Å². The predicted octanol–water partition coefficient (Wildman–Crippen LogP) is 3.61. The molecule has 0 amide bonds. The van der Waals surface area contributed by atoms with Crippen LogP contribution in [-0.4, -0.2) is 21.6 Å². The number of aryl methyl sites for hydroxylation is 2. The molecule has 0 spiro atoms. The van der Waals surface area contributed by atoms with Crippen LogP contribution in [0.3, 0.4) is 0 Å². The van der Waals surface area contributed by atoms with Crippen LogP contribution >= 0.6 is 11.6 Å². The Morgan fingerprint density at radius 2 is 2.10 bits per heavy atom. The molecule has 0 atom stereocenters. The molecule has 4 nitrogen and oxygen atoms in total. The van der Waals surface area contributed by atoms with Crippen molar-refractivity contribution >= 4 is 22.5 Å².